The number of rotatable bonds is 5. The zero-order valence-electron chi connectivity index (χ0n) is 12.4. The number of amides is 1. The number of nitrogens with one attached hydrogen (secondary N) is 2. The number of hydrogen-bond acceptors (Lipinski definition) is 2. The number of halogens is 3. The number of carbonyl (C=O) groups is 2. The number of fused-ring (bicyclic) bond motifs is 1. The molecule has 2 rings (SSSR count). The van der Waals surface area contributed by atoms with Gasteiger partial charge in [-0.05, 0) is 18.4 Å². The van der Waals surface area contributed by atoms with Gasteiger partial charge in [-0.2, -0.15) is 0 Å². The van der Waals surface area contributed by atoms with Gasteiger partial charge in [0.05, 0.1) is 5.52 Å². The molecule has 2 aromatic rings. The van der Waals surface area contributed by atoms with Crippen LogP contribution in [0.5, 0.6) is 0 Å². The van der Waals surface area contributed by atoms with Crippen molar-refractivity contribution in [3.63, 3.8) is 0 Å². The van der Waals surface area contributed by atoms with Gasteiger partial charge in [0.2, 0.25) is 0 Å². The molecule has 23 heavy (non-hydrogen) atoms. The smallest absolute Gasteiger partial charge is 0.326 e. The van der Waals surface area contributed by atoms with E-state index >= 15 is 0 Å². The van der Waals surface area contributed by atoms with Crippen LogP contribution in [0.25, 0.3) is 10.9 Å². The first-order valence-electron chi connectivity index (χ1n) is 6.90. The van der Waals surface area contributed by atoms with Gasteiger partial charge >= 0.3 is 5.97 Å². The van der Waals surface area contributed by atoms with E-state index in [0.717, 1.165) is 6.07 Å². The van der Waals surface area contributed by atoms with Crippen LogP contribution in [0.4, 0.5) is 13.2 Å². The summed E-state index contributed by atoms with van der Waals surface area (Å²) in [7, 11) is 0. The molecule has 0 radical (unpaired) electrons. The Balaban J connectivity index is 2.33. The zero-order chi connectivity index (χ0) is 17.3. The fraction of sp³-hybridized carbons (Fsp3) is 0.333. The quantitative estimate of drug-likeness (QED) is 0.738. The molecule has 124 valence electrons. The Morgan fingerprint density at radius 2 is 1.87 bits per heavy atom. The highest BCUT2D eigenvalue weighted by molar-refractivity contribution is 5.99. The number of aliphatic carboxylic acids is 1. The number of aromatic nitrogens is 1. The van der Waals surface area contributed by atoms with Crippen LogP contribution < -0.4 is 5.32 Å². The number of carbonyl (C=O) groups excluding carboxylic acids is 1. The van der Waals surface area contributed by atoms with Crippen LogP contribution in [0.3, 0.4) is 0 Å². The highest BCUT2D eigenvalue weighted by atomic mass is 19.2. The molecule has 1 aromatic carbocycles. The normalized spacial score (nSPS) is 12.6. The van der Waals surface area contributed by atoms with E-state index in [-0.39, 0.29) is 23.4 Å². The second-order valence-corrected chi connectivity index (χ2v) is 5.62. The lowest BCUT2D eigenvalue weighted by Gasteiger charge is -2.15. The van der Waals surface area contributed by atoms with E-state index in [0.29, 0.717) is 6.07 Å². The maximum Gasteiger partial charge on any atom is 0.326 e. The average Bonchev–Trinajstić information content (AvgIpc) is 2.89. The Bertz CT molecular complexity index is 771. The molecule has 0 aliphatic heterocycles. The van der Waals surface area contributed by atoms with Gasteiger partial charge in [0.1, 0.15) is 17.6 Å². The molecule has 1 atom stereocenters. The molecule has 3 N–H and O–H groups in total. The third-order valence-corrected chi connectivity index (χ3v) is 3.31. The number of H-pyrrole nitrogens is 1. The van der Waals surface area contributed by atoms with Crippen LogP contribution in [0.1, 0.15) is 30.8 Å². The molecule has 0 aliphatic carbocycles. The first-order chi connectivity index (χ1) is 10.7. The summed E-state index contributed by atoms with van der Waals surface area (Å²) < 4.78 is 40.4. The van der Waals surface area contributed by atoms with Crippen molar-refractivity contribution >= 4 is 22.8 Å². The third-order valence-electron chi connectivity index (χ3n) is 3.31. The van der Waals surface area contributed by atoms with Gasteiger partial charge < -0.3 is 15.4 Å². The maximum atomic E-state index is 13.6. The standard InChI is InChI=1S/C15H15F3N2O3/c1-6(2)3-11(15(22)23)20-14(21)10-4-7-8(16)5-9(17)12(18)13(7)19-10/h4-6,11,19H,3H2,1-2H3,(H,20,21)(H,22,23)/t11-/m0/s1. The Morgan fingerprint density at radius 3 is 2.43 bits per heavy atom. The van der Waals surface area contributed by atoms with Crippen LogP contribution in [-0.4, -0.2) is 28.0 Å². The van der Waals surface area contributed by atoms with E-state index in [4.69, 9.17) is 5.11 Å². The van der Waals surface area contributed by atoms with Crippen molar-refractivity contribution in [2.24, 2.45) is 5.92 Å². The number of carboxylic acid groups (broad SMARTS) is 1. The van der Waals surface area contributed by atoms with Crippen molar-refractivity contribution in [3.05, 3.63) is 35.3 Å². The second kappa shape index (κ2) is 6.31. The molecular formula is C15H15F3N2O3. The van der Waals surface area contributed by atoms with Crippen molar-refractivity contribution in [2.75, 3.05) is 0 Å². The second-order valence-electron chi connectivity index (χ2n) is 5.62. The Labute approximate surface area is 129 Å². The molecule has 8 heteroatoms. The van der Waals surface area contributed by atoms with E-state index in [9.17, 15) is 22.8 Å². The Morgan fingerprint density at radius 1 is 1.22 bits per heavy atom. The van der Waals surface area contributed by atoms with E-state index in [1.165, 1.54) is 0 Å². The van der Waals surface area contributed by atoms with E-state index < -0.39 is 40.9 Å². The minimum Gasteiger partial charge on any atom is -0.480 e. The van der Waals surface area contributed by atoms with Gasteiger partial charge in [-0.1, -0.05) is 13.8 Å². The molecule has 1 aromatic heterocycles. The number of carboxylic acids is 1. The lowest BCUT2D eigenvalue weighted by molar-refractivity contribution is -0.139. The summed E-state index contributed by atoms with van der Waals surface area (Å²) in [6, 6.07) is 0.253. The third kappa shape index (κ3) is 3.46. The van der Waals surface area contributed by atoms with Gasteiger partial charge in [0, 0.05) is 11.5 Å². The fourth-order valence-electron chi connectivity index (χ4n) is 2.24. The van der Waals surface area contributed by atoms with Gasteiger partial charge in [-0.3, -0.25) is 4.79 Å². The topological polar surface area (TPSA) is 82.2 Å². The lowest BCUT2D eigenvalue weighted by Crippen LogP contribution is -2.41. The van der Waals surface area contributed by atoms with Crippen LogP contribution in [0.15, 0.2) is 12.1 Å². The SMILES string of the molecule is CC(C)C[C@H](NC(=O)c1cc2c(F)cc(F)c(F)c2[nH]1)C(=O)O. The molecule has 0 bridgehead atoms. The van der Waals surface area contributed by atoms with Gasteiger partial charge in [-0.25, -0.2) is 18.0 Å². The van der Waals surface area contributed by atoms with Crippen molar-refractivity contribution in [1.82, 2.24) is 10.3 Å². The monoisotopic (exact) mass is 328 g/mol. The van der Waals surface area contributed by atoms with Crippen molar-refractivity contribution < 1.29 is 27.9 Å². The predicted molar refractivity (Wildman–Crippen MR) is 76.5 cm³/mol. The first kappa shape index (κ1) is 16.9. The number of benzene rings is 1. The number of aromatic amines is 1. The average molecular weight is 328 g/mol. The summed E-state index contributed by atoms with van der Waals surface area (Å²) in [4.78, 5) is 25.5. The summed E-state index contributed by atoms with van der Waals surface area (Å²) in [6.45, 7) is 3.58. The molecule has 0 aliphatic rings. The minimum atomic E-state index is -1.38. The lowest BCUT2D eigenvalue weighted by atomic mass is 10.0. The van der Waals surface area contributed by atoms with E-state index in [2.05, 4.69) is 10.3 Å². The summed E-state index contributed by atoms with van der Waals surface area (Å²) in [5.74, 6) is -5.75. The summed E-state index contributed by atoms with van der Waals surface area (Å²) >= 11 is 0. The summed E-state index contributed by atoms with van der Waals surface area (Å²) in [5.41, 5.74) is -0.734. The van der Waals surface area contributed by atoms with Crippen LogP contribution in [0.2, 0.25) is 0 Å². The van der Waals surface area contributed by atoms with Crippen molar-refractivity contribution in [2.45, 2.75) is 26.3 Å². The predicted octanol–water partition coefficient (Wildman–Crippen LogP) is 2.81. The largest absolute Gasteiger partial charge is 0.480 e. The molecule has 1 amide bonds. The number of hydrogen-bond donors (Lipinski definition) is 3. The molecule has 5 nitrogen and oxygen atoms in total. The minimum absolute atomic E-state index is 0.0168. The molecule has 0 saturated heterocycles. The Hall–Kier alpha value is -2.51. The zero-order valence-corrected chi connectivity index (χ0v) is 12.4. The highest BCUT2D eigenvalue weighted by Crippen LogP contribution is 2.24. The Kier molecular flexibility index (Phi) is 4.63. The molecule has 0 fully saturated rings. The van der Waals surface area contributed by atoms with Gasteiger partial charge in [0.15, 0.2) is 11.6 Å². The van der Waals surface area contributed by atoms with E-state index in [1.54, 1.807) is 13.8 Å². The highest BCUT2D eigenvalue weighted by Gasteiger charge is 2.24. The molecular weight excluding hydrogens is 313 g/mol. The van der Waals surface area contributed by atoms with Crippen molar-refractivity contribution in [3.8, 4) is 0 Å². The van der Waals surface area contributed by atoms with E-state index in [1.807, 2.05) is 0 Å². The maximum absolute atomic E-state index is 13.6. The summed E-state index contributed by atoms with van der Waals surface area (Å²) in [5, 5.41) is 11.1. The fourth-order valence-corrected chi connectivity index (χ4v) is 2.24. The van der Waals surface area contributed by atoms with Gasteiger partial charge in [0.25, 0.3) is 5.91 Å². The first-order valence-corrected chi connectivity index (χ1v) is 6.90. The van der Waals surface area contributed by atoms with Crippen LogP contribution >= 0.6 is 0 Å². The summed E-state index contributed by atoms with van der Waals surface area (Å²) in [6.07, 6.45) is 0.193. The van der Waals surface area contributed by atoms with Crippen molar-refractivity contribution in [1.29, 1.82) is 0 Å². The van der Waals surface area contributed by atoms with Crippen LogP contribution in [-0.2, 0) is 4.79 Å². The van der Waals surface area contributed by atoms with Crippen LogP contribution in [0, 0.1) is 23.4 Å². The molecule has 0 spiro atoms. The molecule has 1 heterocycles. The molecule has 0 unspecified atom stereocenters. The molecule has 0 saturated carbocycles. The van der Waals surface area contributed by atoms with Gasteiger partial charge in [-0.15, -0.1) is 0 Å².